The summed E-state index contributed by atoms with van der Waals surface area (Å²) in [4.78, 5) is 27.7. The number of hydrogen-bond donors (Lipinski definition) is 2. The van der Waals surface area contributed by atoms with Crippen molar-refractivity contribution in [2.45, 2.75) is 30.2 Å². The monoisotopic (exact) mass is 363 g/mol. The van der Waals surface area contributed by atoms with Gasteiger partial charge in [0, 0.05) is 29.9 Å². The summed E-state index contributed by atoms with van der Waals surface area (Å²) >= 11 is 1.62. The van der Waals surface area contributed by atoms with Gasteiger partial charge in [-0.2, -0.15) is 0 Å². The van der Waals surface area contributed by atoms with Crippen LogP contribution in [0.1, 0.15) is 19.3 Å². The first-order valence-corrected chi connectivity index (χ1v) is 9.97. The van der Waals surface area contributed by atoms with Gasteiger partial charge in [0.2, 0.25) is 5.91 Å². The van der Waals surface area contributed by atoms with E-state index in [9.17, 15) is 9.59 Å². The van der Waals surface area contributed by atoms with Gasteiger partial charge < -0.3 is 20.3 Å². The SMILES string of the molecule is CSc1ccccc1NC(=O)[C@H]1CC[C@@H](NC(=O)N2CCOCC2)C1. The second kappa shape index (κ2) is 8.58. The summed E-state index contributed by atoms with van der Waals surface area (Å²) in [6.07, 6.45) is 4.35. The fourth-order valence-electron chi connectivity index (χ4n) is 3.37. The van der Waals surface area contributed by atoms with Gasteiger partial charge in [0.15, 0.2) is 0 Å². The van der Waals surface area contributed by atoms with Crippen molar-refractivity contribution in [3.8, 4) is 0 Å². The average molecular weight is 363 g/mol. The van der Waals surface area contributed by atoms with E-state index in [-0.39, 0.29) is 23.9 Å². The van der Waals surface area contributed by atoms with Crippen LogP contribution in [0, 0.1) is 5.92 Å². The number of thioether (sulfide) groups is 1. The van der Waals surface area contributed by atoms with E-state index >= 15 is 0 Å². The number of para-hydroxylation sites is 1. The smallest absolute Gasteiger partial charge is 0.317 e. The van der Waals surface area contributed by atoms with E-state index in [0.717, 1.165) is 23.4 Å². The molecular weight excluding hydrogens is 338 g/mol. The number of morpholine rings is 1. The van der Waals surface area contributed by atoms with Gasteiger partial charge in [-0.25, -0.2) is 4.79 Å². The number of ether oxygens (including phenoxy) is 1. The number of urea groups is 1. The third kappa shape index (κ3) is 4.67. The third-order valence-electron chi connectivity index (χ3n) is 4.79. The fourth-order valence-corrected chi connectivity index (χ4v) is 3.92. The summed E-state index contributed by atoms with van der Waals surface area (Å²) in [5, 5.41) is 6.11. The van der Waals surface area contributed by atoms with E-state index in [2.05, 4.69) is 10.6 Å². The highest BCUT2D eigenvalue weighted by Gasteiger charge is 2.32. The first-order chi connectivity index (χ1) is 12.2. The predicted molar refractivity (Wildman–Crippen MR) is 98.9 cm³/mol. The molecular formula is C18H25N3O3S. The number of anilines is 1. The van der Waals surface area contributed by atoms with Gasteiger partial charge in [-0.15, -0.1) is 11.8 Å². The number of benzene rings is 1. The Kier molecular flexibility index (Phi) is 6.20. The second-order valence-electron chi connectivity index (χ2n) is 6.45. The number of carbonyl (C=O) groups is 2. The number of rotatable bonds is 4. The van der Waals surface area contributed by atoms with Gasteiger partial charge in [-0.3, -0.25) is 4.79 Å². The molecule has 0 spiro atoms. The molecule has 3 amide bonds. The van der Waals surface area contributed by atoms with Crippen LogP contribution in [0.5, 0.6) is 0 Å². The highest BCUT2D eigenvalue weighted by molar-refractivity contribution is 7.98. The number of amides is 3. The maximum atomic E-state index is 12.6. The zero-order chi connectivity index (χ0) is 17.6. The maximum Gasteiger partial charge on any atom is 0.317 e. The zero-order valence-corrected chi connectivity index (χ0v) is 15.3. The Labute approximate surface area is 152 Å². The van der Waals surface area contributed by atoms with Crippen LogP contribution in [-0.2, 0) is 9.53 Å². The van der Waals surface area contributed by atoms with Gasteiger partial charge in [0.05, 0.1) is 18.9 Å². The maximum absolute atomic E-state index is 12.6. The summed E-state index contributed by atoms with van der Waals surface area (Å²) in [7, 11) is 0. The first-order valence-electron chi connectivity index (χ1n) is 8.74. The Morgan fingerprint density at radius 3 is 2.72 bits per heavy atom. The lowest BCUT2D eigenvalue weighted by Gasteiger charge is -2.28. The molecule has 3 rings (SSSR count). The van der Waals surface area contributed by atoms with Crippen molar-refractivity contribution in [1.29, 1.82) is 0 Å². The van der Waals surface area contributed by atoms with E-state index in [0.29, 0.717) is 32.7 Å². The van der Waals surface area contributed by atoms with Crippen molar-refractivity contribution >= 4 is 29.4 Å². The topological polar surface area (TPSA) is 70.7 Å². The van der Waals surface area contributed by atoms with E-state index in [1.54, 1.807) is 16.7 Å². The van der Waals surface area contributed by atoms with Crippen LogP contribution in [0.2, 0.25) is 0 Å². The highest BCUT2D eigenvalue weighted by atomic mass is 32.2. The Bertz CT molecular complexity index is 619. The standard InChI is InChI=1S/C18H25N3O3S/c1-25-16-5-3-2-4-15(16)20-17(22)13-6-7-14(12-13)19-18(23)21-8-10-24-11-9-21/h2-5,13-14H,6-12H2,1H3,(H,19,23)(H,20,22)/t13-,14+/m0/s1. The van der Waals surface area contributed by atoms with E-state index < -0.39 is 0 Å². The van der Waals surface area contributed by atoms with Gasteiger partial charge in [-0.05, 0) is 37.7 Å². The van der Waals surface area contributed by atoms with Crippen molar-refractivity contribution in [3.63, 3.8) is 0 Å². The molecule has 1 heterocycles. The minimum atomic E-state index is -0.0510. The Morgan fingerprint density at radius 1 is 1.20 bits per heavy atom. The van der Waals surface area contributed by atoms with Crippen LogP contribution < -0.4 is 10.6 Å². The molecule has 0 bridgehead atoms. The molecule has 1 saturated carbocycles. The van der Waals surface area contributed by atoms with E-state index in [4.69, 9.17) is 4.74 Å². The number of carbonyl (C=O) groups excluding carboxylic acids is 2. The zero-order valence-electron chi connectivity index (χ0n) is 14.5. The van der Waals surface area contributed by atoms with Crippen molar-refractivity contribution < 1.29 is 14.3 Å². The minimum Gasteiger partial charge on any atom is -0.378 e. The lowest BCUT2D eigenvalue weighted by atomic mass is 10.1. The largest absolute Gasteiger partial charge is 0.378 e. The van der Waals surface area contributed by atoms with Crippen molar-refractivity contribution in [2.75, 3.05) is 37.9 Å². The lowest BCUT2D eigenvalue weighted by Crippen LogP contribution is -2.48. The highest BCUT2D eigenvalue weighted by Crippen LogP contribution is 2.29. The van der Waals surface area contributed by atoms with Gasteiger partial charge in [-0.1, -0.05) is 12.1 Å². The van der Waals surface area contributed by atoms with Crippen LogP contribution in [0.4, 0.5) is 10.5 Å². The Hall–Kier alpha value is -1.73. The molecule has 6 nitrogen and oxygen atoms in total. The number of hydrogen-bond acceptors (Lipinski definition) is 4. The molecule has 2 N–H and O–H groups in total. The Morgan fingerprint density at radius 2 is 1.96 bits per heavy atom. The fraction of sp³-hybridized carbons (Fsp3) is 0.556. The van der Waals surface area contributed by atoms with Crippen molar-refractivity contribution in [2.24, 2.45) is 5.92 Å². The van der Waals surface area contributed by atoms with E-state index in [1.807, 2.05) is 30.5 Å². The molecule has 2 atom stereocenters. The Balaban J connectivity index is 1.50. The van der Waals surface area contributed by atoms with Gasteiger partial charge >= 0.3 is 6.03 Å². The van der Waals surface area contributed by atoms with Crippen LogP contribution in [0.3, 0.4) is 0 Å². The molecule has 1 saturated heterocycles. The van der Waals surface area contributed by atoms with E-state index in [1.165, 1.54) is 0 Å². The van der Waals surface area contributed by atoms with Crippen LogP contribution >= 0.6 is 11.8 Å². The van der Waals surface area contributed by atoms with Gasteiger partial charge in [0.25, 0.3) is 0 Å². The first kappa shape index (κ1) is 18.1. The molecule has 1 aliphatic carbocycles. The molecule has 25 heavy (non-hydrogen) atoms. The van der Waals surface area contributed by atoms with Crippen molar-refractivity contribution in [1.82, 2.24) is 10.2 Å². The molecule has 136 valence electrons. The number of nitrogens with one attached hydrogen (secondary N) is 2. The molecule has 7 heteroatoms. The minimum absolute atomic E-state index is 0.0397. The quantitative estimate of drug-likeness (QED) is 0.807. The normalized spacial score (nSPS) is 23.3. The number of nitrogens with zero attached hydrogens (tertiary/aromatic N) is 1. The molecule has 2 fully saturated rings. The molecule has 0 radical (unpaired) electrons. The summed E-state index contributed by atoms with van der Waals surface area (Å²) < 4.78 is 5.27. The second-order valence-corrected chi connectivity index (χ2v) is 7.29. The molecule has 1 aromatic carbocycles. The molecule has 0 aromatic heterocycles. The van der Waals surface area contributed by atoms with Crippen LogP contribution in [0.15, 0.2) is 29.2 Å². The van der Waals surface area contributed by atoms with Crippen LogP contribution in [0.25, 0.3) is 0 Å². The van der Waals surface area contributed by atoms with Crippen molar-refractivity contribution in [3.05, 3.63) is 24.3 Å². The van der Waals surface area contributed by atoms with Crippen LogP contribution in [-0.4, -0.2) is 55.4 Å². The molecule has 1 aromatic rings. The molecule has 0 unspecified atom stereocenters. The molecule has 2 aliphatic rings. The summed E-state index contributed by atoms with van der Waals surface area (Å²) in [5.41, 5.74) is 0.862. The average Bonchev–Trinajstić information content (AvgIpc) is 3.11. The summed E-state index contributed by atoms with van der Waals surface area (Å²) in [6, 6.07) is 7.85. The predicted octanol–water partition coefficient (Wildman–Crippen LogP) is 2.56. The molecule has 1 aliphatic heterocycles. The summed E-state index contributed by atoms with van der Waals surface area (Å²) in [6.45, 7) is 2.46. The summed E-state index contributed by atoms with van der Waals surface area (Å²) in [5.74, 6) is -0.00507. The lowest BCUT2D eigenvalue weighted by molar-refractivity contribution is -0.119. The third-order valence-corrected chi connectivity index (χ3v) is 5.59. The van der Waals surface area contributed by atoms with Gasteiger partial charge in [0.1, 0.15) is 0 Å².